The van der Waals surface area contributed by atoms with E-state index in [1.807, 2.05) is 0 Å². The first-order chi connectivity index (χ1) is 8.58. The van der Waals surface area contributed by atoms with Crippen LogP contribution in [0.15, 0.2) is 0 Å². The first-order valence-corrected chi connectivity index (χ1v) is 5.88. The van der Waals surface area contributed by atoms with Crippen LogP contribution in [-0.4, -0.2) is 64.8 Å². The number of urea groups is 1. The van der Waals surface area contributed by atoms with Gasteiger partial charge in [-0.25, -0.2) is 4.79 Å². The van der Waals surface area contributed by atoms with Crippen LogP contribution in [0.2, 0.25) is 0 Å². The molecule has 0 spiro atoms. The van der Waals surface area contributed by atoms with Crippen LogP contribution >= 0.6 is 0 Å². The van der Waals surface area contributed by atoms with Crippen molar-refractivity contribution in [3.63, 3.8) is 0 Å². The number of hydrogen-bond acceptors (Lipinski definition) is 3. The van der Waals surface area contributed by atoms with E-state index in [1.54, 1.807) is 4.90 Å². The minimum Gasteiger partial charge on any atom is -0.480 e. The summed E-state index contributed by atoms with van der Waals surface area (Å²) in [7, 11) is 0. The van der Waals surface area contributed by atoms with Gasteiger partial charge in [-0.15, -0.1) is 6.42 Å². The van der Waals surface area contributed by atoms with Crippen LogP contribution in [-0.2, 0) is 4.79 Å². The Kier molecular flexibility index (Phi) is 5.46. The maximum atomic E-state index is 12.0. The number of carbonyl (C=O) groups is 2. The molecule has 0 aromatic heterocycles. The number of aliphatic hydroxyl groups is 1. The van der Waals surface area contributed by atoms with E-state index in [0.29, 0.717) is 13.1 Å². The molecule has 18 heavy (non-hydrogen) atoms. The molecule has 6 heteroatoms. The summed E-state index contributed by atoms with van der Waals surface area (Å²) in [6.45, 7) is 0.800. The first kappa shape index (κ1) is 14.3. The lowest BCUT2D eigenvalue weighted by Crippen LogP contribution is -2.48. The summed E-state index contributed by atoms with van der Waals surface area (Å²) < 4.78 is 0. The molecule has 1 heterocycles. The minimum absolute atomic E-state index is 0.00887. The second kappa shape index (κ2) is 6.87. The Morgan fingerprint density at radius 2 is 2.00 bits per heavy atom. The highest BCUT2D eigenvalue weighted by Crippen LogP contribution is 2.17. The lowest BCUT2D eigenvalue weighted by Gasteiger charge is -2.34. The Labute approximate surface area is 106 Å². The number of nitrogens with zero attached hydrogens (tertiary/aromatic N) is 2. The zero-order valence-electron chi connectivity index (χ0n) is 10.2. The van der Waals surface area contributed by atoms with Crippen molar-refractivity contribution >= 4 is 12.0 Å². The third kappa shape index (κ3) is 3.93. The Balaban J connectivity index is 2.56. The monoisotopic (exact) mass is 254 g/mol. The van der Waals surface area contributed by atoms with E-state index in [1.165, 1.54) is 0 Å². The normalized spacial score (nSPS) is 16.1. The van der Waals surface area contributed by atoms with Gasteiger partial charge in [-0.2, -0.15) is 0 Å². The van der Waals surface area contributed by atoms with Gasteiger partial charge in [0.15, 0.2) is 0 Å². The number of carbonyl (C=O) groups excluding carboxylic acids is 1. The summed E-state index contributed by atoms with van der Waals surface area (Å²) in [6, 6.07) is -0.341. The molecule has 6 nitrogen and oxygen atoms in total. The maximum Gasteiger partial charge on any atom is 0.323 e. The van der Waals surface area contributed by atoms with Gasteiger partial charge in [-0.05, 0) is 18.8 Å². The zero-order valence-corrected chi connectivity index (χ0v) is 10.2. The predicted molar refractivity (Wildman–Crippen MR) is 64.8 cm³/mol. The van der Waals surface area contributed by atoms with Crippen LogP contribution in [0.25, 0.3) is 0 Å². The number of carboxylic acid groups (broad SMARTS) is 1. The summed E-state index contributed by atoms with van der Waals surface area (Å²) >= 11 is 0. The van der Waals surface area contributed by atoms with Crippen molar-refractivity contribution in [1.82, 2.24) is 9.80 Å². The molecule has 2 amide bonds. The highest BCUT2D eigenvalue weighted by atomic mass is 16.4. The standard InChI is InChI=1S/C12H18N2O4/c1-2-5-14(8-11(16)17)12(18)13-6-3-10(9-15)4-7-13/h1,10,15H,3-9H2,(H,16,17). The topological polar surface area (TPSA) is 81.1 Å². The Morgan fingerprint density at radius 3 is 2.44 bits per heavy atom. The number of carboxylic acids is 1. The quantitative estimate of drug-likeness (QED) is 0.683. The fraction of sp³-hybridized carbons (Fsp3) is 0.667. The number of likely N-dealkylation sites (tertiary alicyclic amines) is 1. The van der Waals surface area contributed by atoms with E-state index in [0.717, 1.165) is 17.7 Å². The molecule has 0 unspecified atom stereocenters. The van der Waals surface area contributed by atoms with Crippen LogP contribution in [0.1, 0.15) is 12.8 Å². The smallest absolute Gasteiger partial charge is 0.323 e. The minimum atomic E-state index is -1.08. The van der Waals surface area contributed by atoms with Gasteiger partial charge < -0.3 is 20.0 Å². The molecule has 1 rings (SSSR count). The largest absolute Gasteiger partial charge is 0.480 e. The number of amides is 2. The van der Waals surface area contributed by atoms with E-state index in [4.69, 9.17) is 16.6 Å². The van der Waals surface area contributed by atoms with Crippen LogP contribution in [0.5, 0.6) is 0 Å². The van der Waals surface area contributed by atoms with Gasteiger partial charge in [-0.3, -0.25) is 4.79 Å². The number of aliphatic carboxylic acids is 1. The lowest BCUT2D eigenvalue weighted by atomic mass is 9.98. The summed E-state index contributed by atoms with van der Waals surface area (Å²) in [5.41, 5.74) is 0. The van der Waals surface area contributed by atoms with Crippen molar-refractivity contribution in [3.8, 4) is 12.3 Å². The van der Waals surface area contributed by atoms with Gasteiger partial charge in [-0.1, -0.05) is 5.92 Å². The molecule has 0 aliphatic carbocycles. The van der Waals surface area contributed by atoms with Gasteiger partial charge in [0.25, 0.3) is 0 Å². The predicted octanol–water partition coefficient (Wildman–Crippen LogP) is -0.169. The zero-order chi connectivity index (χ0) is 13.5. The van der Waals surface area contributed by atoms with Crippen molar-refractivity contribution < 1.29 is 19.8 Å². The third-order valence-corrected chi connectivity index (χ3v) is 3.02. The molecule has 0 radical (unpaired) electrons. The molecule has 0 bridgehead atoms. The highest BCUT2D eigenvalue weighted by molar-refractivity contribution is 5.80. The molecule has 1 aliphatic heterocycles. The van der Waals surface area contributed by atoms with Crippen LogP contribution in [0, 0.1) is 18.3 Å². The van der Waals surface area contributed by atoms with Crippen LogP contribution in [0.3, 0.4) is 0 Å². The third-order valence-electron chi connectivity index (χ3n) is 3.02. The molecule has 0 aromatic carbocycles. The molecule has 1 aliphatic rings. The molecule has 2 N–H and O–H groups in total. The molecular formula is C12H18N2O4. The Morgan fingerprint density at radius 1 is 1.39 bits per heavy atom. The Bertz CT molecular complexity index is 342. The van der Waals surface area contributed by atoms with E-state index < -0.39 is 5.97 Å². The van der Waals surface area contributed by atoms with Gasteiger partial charge in [0.1, 0.15) is 6.54 Å². The van der Waals surface area contributed by atoms with Crippen molar-refractivity contribution in [3.05, 3.63) is 0 Å². The van der Waals surface area contributed by atoms with Crippen LogP contribution in [0.4, 0.5) is 4.79 Å². The second-order valence-electron chi connectivity index (χ2n) is 4.35. The second-order valence-corrected chi connectivity index (χ2v) is 4.35. The summed E-state index contributed by atoms with van der Waals surface area (Å²) in [4.78, 5) is 25.4. The molecule has 1 saturated heterocycles. The van der Waals surface area contributed by atoms with E-state index in [9.17, 15) is 9.59 Å². The Hall–Kier alpha value is -1.74. The lowest BCUT2D eigenvalue weighted by molar-refractivity contribution is -0.137. The summed E-state index contributed by atoms with van der Waals surface area (Å²) in [5.74, 6) is 1.44. The van der Waals surface area contributed by atoms with Gasteiger partial charge in [0.05, 0.1) is 6.54 Å². The van der Waals surface area contributed by atoms with Crippen molar-refractivity contribution in [2.45, 2.75) is 12.8 Å². The average molecular weight is 254 g/mol. The van der Waals surface area contributed by atoms with E-state index in [2.05, 4.69) is 5.92 Å². The van der Waals surface area contributed by atoms with Gasteiger partial charge >= 0.3 is 12.0 Å². The number of hydrogen-bond donors (Lipinski definition) is 2. The number of piperidine rings is 1. The highest BCUT2D eigenvalue weighted by Gasteiger charge is 2.26. The fourth-order valence-corrected chi connectivity index (χ4v) is 1.97. The molecule has 0 atom stereocenters. The SMILES string of the molecule is C#CCN(CC(=O)O)C(=O)N1CCC(CO)CC1. The first-order valence-electron chi connectivity index (χ1n) is 5.88. The van der Waals surface area contributed by atoms with Crippen LogP contribution < -0.4 is 0 Å². The van der Waals surface area contributed by atoms with E-state index >= 15 is 0 Å². The summed E-state index contributed by atoms with van der Waals surface area (Å²) in [6.07, 6.45) is 6.60. The molecular weight excluding hydrogens is 236 g/mol. The summed E-state index contributed by atoms with van der Waals surface area (Å²) in [5, 5.41) is 17.7. The molecule has 0 saturated carbocycles. The maximum absolute atomic E-state index is 12.0. The van der Waals surface area contributed by atoms with Gasteiger partial charge in [0, 0.05) is 19.7 Å². The number of rotatable bonds is 4. The number of terminal acetylenes is 1. The van der Waals surface area contributed by atoms with Crippen molar-refractivity contribution in [1.29, 1.82) is 0 Å². The molecule has 0 aromatic rings. The molecule has 1 fully saturated rings. The van der Waals surface area contributed by atoms with E-state index in [-0.39, 0.29) is 31.6 Å². The van der Waals surface area contributed by atoms with Gasteiger partial charge in [0.2, 0.25) is 0 Å². The number of aliphatic hydroxyl groups excluding tert-OH is 1. The fourth-order valence-electron chi connectivity index (χ4n) is 1.97. The average Bonchev–Trinajstić information content (AvgIpc) is 2.37. The van der Waals surface area contributed by atoms with Crippen molar-refractivity contribution in [2.24, 2.45) is 5.92 Å². The molecule has 100 valence electrons. The van der Waals surface area contributed by atoms with Crippen molar-refractivity contribution in [2.75, 3.05) is 32.8 Å².